The summed E-state index contributed by atoms with van der Waals surface area (Å²) in [6.07, 6.45) is 0.788. The first-order valence-corrected chi connectivity index (χ1v) is 9.02. The number of phenols is 1. The lowest BCUT2D eigenvalue weighted by Gasteiger charge is -2.15. The zero-order valence-corrected chi connectivity index (χ0v) is 16.3. The second kappa shape index (κ2) is 8.75. The number of aryl methyl sites for hydroxylation is 2. The zero-order chi connectivity index (χ0) is 19.3. The number of carbonyl (C=O) groups is 1. The van der Waals surface area contributed by atoms with Crippen molar-refractivity contribution in [3.8, 4) is 11.5 Å². The van der Waals surface area contributed by atoms with Gasteiger partial charge in [0.2, 0.25) is 0 Å². The highest BCUT2D eigenvalue weighted by atomic mass is 16.6. The number of carbonyl (C=O) groups excluding carboxylic acids is 1. The SMILES string of the molecule is CCOC(=O)COc1cc(C)c(Cc2ccc(O)c(C(C)C)c2)c(C)c1. The van der Waals surface area contributed by atoms with Crippen molar-refractivity contribution in [3.05, 3.63) is 58.1 Å². The Morgan fingerprint density at radius 3 is 2.35 bits per heavy atom. The topological polar surface area (TPSA) is 55.8 Å². The van der Waals surface area contributed by atoms with E-state index in [1.54, 1.807) is 13.0 Å². The van der Waals surface area contributed by atoms with Gasteiger partial charge in [-0.2, -0.15) is 0 Å². The summed E-state index contributed by atoms with van der Waals surface area (Å²) >= 11 is 0. The number of hydrogen-bond donors (Lipinski definition) is 1. The minimum Gasteiger partial charge on any atom is -0.508 e. The molecule has 0 fully saturated rings. The summed E-state index contributed by atoms with van der Waals surface area (Å²) in [5.41, 5.74) is 5.59. The highest BCUT2D eigenvalue weighted by Crippen LogP contribution is 2.29. The highest BCUT2D eigenvalue weighted by Gasteiger charge is 2.11. The highest BCUT2D eigenvalue weighted by molar-refractivity contribution is 5.71. The van der Waals surface area contributed by atoms with Crippen molar-refractivity contribution in [2.45, 2.75) is 47.0 Å². The molecule has 0 aromatic heterocycles. The van der Waals surface area contributed by atoms with E-state index in [9.17, 15) is 9.90 Å². The maximum absolute atomic E-state index is 11.4. The van der Waals surface area contributed by atoms with Crippen LogP contribution in [-0.2, 0) is 16.0 Å². The standard InChI is InChI=1S/C22H28O4/c1-6-25-22(24)13-26-18-9-15(4)20(16(5)10-18)12-17-7-8-21(23)19(11-17)14(2)3/h7-11,14,23H,6,12-13H2,1-5H3. The second-order valence-corrected chi connectivity index (χ2v) is 6.85. The molecule has 2 aromatic carbocycles. The van der Waals surface area contributed by atoms with Gasteiger partial charge in [0, 0.05) is 0 Å². The van der Waals surface area contributed by atoms with E-state index in [0.29, 0.717) is 18.1 Å². The number of esters is 1. The van der Waals surface area contributed by atoms with Crippen LogP contribution in [-0.4, -0.2) is 24.3 Å². The van der Waals surface area contributed by atoms with Crippen LogP contribution in [0.4, 0.5) is 0 Å². The molecule has 0 bridgehead atoms. The van der Waals surface area contributed by atoms with Crippen LogP contribution in [0, 0.1) is 13.8 Å². The number of benzene rings is 2. The first-order chi connectivity index (χ1) is 12.3. The van der Waals surface area contributed by atoms with Gasteiger partial charge in [0.1, 0.15) is 11.5 Å². The molecule has 140 valence electrons. The molecule has 0 saturated carbocycles. The van der Waals surface area contributed by atoms with Crippen molar-refractivity contribution in [2.24, 2.45) is 0 Å². The third-order valence-corrected chi connectivity index (χ3v) is 4.43. The van der Waals surface area contributed by atoms with Gasteiger partial charge >= 0.3 is 5.97 Å². The number of rotatable bonds is 7. The third-order valence-electron chi connectivity index (χ3n) is 4.43. The van der Waals surface area contributed by atoms with E-state index in [4.69, 9.17) is 9.47 Å². The van der Waals surface area contributed by atoms with Gasteiger partial charge in [-0.05, 0) is 79.1 Å². The summed E-state index contributed by atoms with van der Waals surface area (Å²) in [7, 11) is 0. The zero-order valence-electron chi connectivity index (χ0n) is 16.3. The van der Waals surface area contributed by atoms with Crippen molar-refractivity contribution in [3.63, 3.8) is 0 Å². The molecule has 0 unspecified atom stereocenters. The Kier molecular flexibility index (Phi) is 6.67. The lowest BCUT2D eigenvalue weighted by molar-refractivity contribution is -0.145. The lowest BCUT2D eigenvalue weighted by atomic mass is 9.93. The van der Waals surface area contributed by atoms with Crippen LogP contribution in [0.25, 0.3) is 0 Å². The molecule has 0 heterocycles. The summed E-state index contributed by atoms with van der Waals surface area (Å²) in [5, 5.41) is 10.0. The summed E-state index contributed by atoms with van der Waals surface area (Å²) < 4.78 is 10.4. The number of phenolic OH excluding ortho intramolecular Hbond substituents is 1. The van der Waals surface area contributed by atoms with Crippen LogP contribution in [0.3, 0.4) is 0 Å². The Labute approximate surface area is 155 Å². The Morgan fingerprint density at radius 2 is 1.77 bits per heavy atom. The molecule has 0 amide bonds. The molecule has 0 spiro atoms. The molecule has 26 heavy (non-hydrogen) atoms. The number of aromatic hydroxyl groups is 1. The van der Waals surface area contributed by atoms with Crippen LogP contribution in [0.5, 0.6) is 11.5 Å². The molecule has 0 atom stereocenters. The average Bonchev–Trinajstić information content (AvgIpc) is 2.57. The Bertz CT molecular complexity index is 755. The maximum Gasteiger partial charge on any atom is 0.344 e. The van der Waals surface area contributed by atoms with Gasteiger partial charge in [-0.25, -0.2) is 4.79 Å². The quantitative estimate of drug-likeness (QED) is 0.733. The van der Waals surface area contributed by atoms with E-state index >= 15 is 0 Å². The summed E-state index contributed by atoms with van der Waals surface area (Å²) in [5.74, 6) is 0.929. The fraction of sp³-hybridized carbons (Fsp3) is 0.409. The Hall–Kier alpha value is -2.49. The van der Waals surface area contributed by atoms with Crippen molar-refractivity contribution in [2.75, 3.05) is 13.2 Å². The molecular formula is C22H28O4. The monoisotopic (exact) mass is 356 g/mol. The number of ether oxygens (including phenoxy) is 2. The van der Waals surface area contributed by atoms with E-state index in [-0.39, 0.29) is 18.5 Å². The molecule has 0 aliphatic rings. The van der Waals surface area contributed by atoms with Crippen LogP contribution in [0.15, 0.2) is 30.3 Å². The van der Waals surface area contributed by atoms with E-state index in [1.807, 2.05) is 32.0 Å². The first-order valence-electron chi connectivity index (χ1n) is 9.02. The molecule has 0 aliphatic heterocycles. The predicted molar refractivity (Wildman–Crippen MR) is 103 cm³/mol. The molecule has 0 radical (unpaired) electrons. The first kappa shape index (κ1) is 19.8. The molecular weight excluding hydrogens is 328 g/mol. The van der Waals surface area contributed by atoms with Crippen molar-refractivity contribution in [1.29, 1.82) is 0 Å². The van der Waals surface area contributed by atoms with E-state index in [0.717, 1.165) is 28.7 Å². The fourth-order valence-electron chi connectivity index (χ4n) is 3.04. The minimum absolute atomic E-state index is 0.0816. The molecule has 0 aliphatic carbocycles. The largest absolute Gasteiger partial charge is 0.508 e. The predicted octanol–water partition coefficient (Wildman–Crippen LogP) is 4.67. The molecule has 0 saturated heterocycles. The van der Waals surface area contributed by atoms with Crippen LogP contribution < -0.4 is 4.74 Å². The van der Waals surface area contributed by atoms with E-state index in [1.165, 1.54) is 5.56 Å². The normalized spacial score (nSPS) is 10.8. The van der Waals surface area contributed by atoms with E-state index < -0.39 is 0 Å². The second-order valence-electron chi connectivity index (χ2n) is 6.85. The van der Waals surface area contributed by atoms with Gasteiger partial charge in [-0.1, -0.05) is 26.0 Å². The molecule has 1 N–H and O–H groups in total. The third kappa shape index (κ3) is 5.01. The van der Waals surface area contributed by atoms with Gasteiger partial charge in [-0.15, -0.1) is 0 Å². The van der Waals surface area contributed by atoms with Gasteiger partial charge in [0.15, 0.2) is 6.61 Å². The number of hydrogen-bond acceptors (Lipinski definition) is 4. The molecule has 2 rings (SSSR count). The van der Waals surface area contributed by atoms with Crippen molar-refractivity contribution < 1.29 is 19.4 Å². The molecule has 4 heteroatoms. The van der Waals surface area contributed by atoms with E-state index in [2.05, 4.69) is 19.9 Å². The minimum atomic E-state index is -0.364. The smallest absolute Gasteiger partial charge is 0.344 e. The van der Waals surface area contributed by atoms with Gasteiger partial charge in [0.25, 0.3) is 0 Å². The maximum atomic E-state index is 11.4. The van der Waals surface area contributed by atoms with Gasteiger partial charge in [0.05, 0.1) is 6.61 Å². The lowest BCUT2D eigenvalue weighted by Crippen LogP contribution is -2.14. The van der Waals surface area contributed by atoms with Crippen molar-refractivity contribution >= 4 is 5.97 Å². The summed E-state index contributed by atoms with van der Waals surface area (Å²) in [6, 6.07) is 9.71. The Morgan fingerprint density at radius 1 is 1.12 bits per heavy atom. The van der Waals surface area contributed by atoms with Crippen molar-refractivity contribution in [1.82, 2.24) is 0 Å². The van der Waals surface area contributed by atoms with Gasteiger partial charge < -0.3 is 14.6 Å². The molecule has 4 nitrogen and oxygen atoms in total. The summed E-state index contributed by atoms with van der Waals surface area (Å²) in [6.45, 7) is 10.3. The fourth-order valence-corrected chi connectivity index (χ4v) is 3.04. The summed E-state index contributed by atoms with van der Waals surface area (Å²) in [4.78, 5) is 11.4. The van der Waals surface area contributed by atoms with Gasteiger partial charge in [-0.3, -0.25) is 0 Å². The van der Waals surface area contributed by atoms with Crippen LogP contribution in [0.2, 0.25) is 0 Å². The Balaban J connectivity index is 2.18. The van der Waals surface area contributed by atoms with Crippen LogP contribution >= 0.6 is 0 Å². The molecule has 2 aromatic rings. The average molecular weight is 356 g/mol. The van der Waals surface area contributed by atoms with Crippen LogP contribution in [0.1, 0.15) is 54.5 Å².